The summed E-state index contributed by atoms with van der Waals surface area (Å²) in [5.41, 5.74) is 2.32. The minimum Gasteiger partial charge on any atom is -0.494 e. The van der Waals surface area contributed by atoms with E-state index in [0.717, 1.165) is 74.7 Å². The molecule has 3 aliphatic rings. The molecule has 0 radical (unpaired) electrons. The fourth-order valence-electron chi connectivity index (χ4n) is 5.80. The topological polar surface area (TPSA) is 62.3 Å². The molecule has 1 unspecified atom stereocenters. The first-order valence-electron chi connectivity index (χ1n) is 14.2. The molecule has 1 saturated carbocycles. The lowest BCUT2D eigenvalue weighted by atomic mass is 9.98. The number of unbranched alkanes of at least 4 members (excludes halogenated alkanes) is 1. The number of aryl methyl sites for hydroxylation is 1. The molecule has 0 aromatic heterocycles. The Labute approximate surface area is 247 Å². The number of hydrogen-bond donors (Lipinski definition) is 0. The maximum atomic E-state index is 12.7. The van der Waals surface area contributed by atoms with Crippen molar-refractivity contribution in [2.45, 2.75) is 52.9 Å². The normalized spacial score (nSPS) is 22.2. The first-order valence-corrected chi connectivity index (χ1v) is 15.0. The van der Waals surface area contributed by atoms with Crippen LogP contribution in [0.1, 0.15) is 52.0 Å². The van der Waals surface area contributed by atoms with E-state index in [1.807, 2.05) is 43.3 Å². The molecule has 5 rings (SSSR count). The molecule has 2 aromatic rings. The third-order valence-electron chi connectivity index (χ3n) is 8.98. The van der Waals surface area contributed by atoms with Gasteiger partial charge in [-0.15, -0.1) is 0 Å². The van der Waals surface area contributed by atoms with E-state index >= 15 is 0 Å². The first-order chi connectivity index (χ1) is 19.1. The molecule has 1 amide bonds. The highest BCUT2D eigenvalue weighted by atomic mass is 35.5. The monoisotopic (exact) mass is 587 g/mol. The van der Waals surface area contributed by atoms with Gasteiger partial charge < -0.3 is 14.4 Å². The van der Waals surface area contributed by atoms with Crippen molar-refractivity contribution in [3.8, 4) is 5.75 Å². The molecular weight excluding hydrogens is 549 g/mol. The summed E-state index contributed by atoms with van der Waals surface area (Å²) >= 11 is 12.6. The lowest BCUT2D eigenvalue weighted by Crippen LogP contribution is -2.46. The Morgan fingerprint density at radius 1 is 0.975 bits per heavy atom. The summed E-state index contributed by atoms with van der Waals surface area (Å²) in [6.07, 6.45) is 3.87. The minimum atomic E-state index is -0.475. The lowest BCUT2D eigenvalue weighted by Gasteiger charge is -2.36. The zero-order valence-corrected chi connectivity index (χ0v) is 25.2. The van der Waals surface area contributed by atoms with Crippen molar-refractivity contribution in [3.05, 3.63) is 52.0 Å². The number of nitrogens with zero attached hydrogens (tertiary/aromatic N) is 3. The van der Waals surface area contributed by atoms with Crippen LogP contribution in [0.5, 0.6) is 5.75 Å². The number of fused-ring (bicyclic) bond motifs is 1. The van der Waals surface area contributed by atoms with Gasteiger partial charge in [0.2, 0.25) is 5.91 Å². The van der Waals surface area contributed by atoms with Crippen LogP contribution in [0.15, 0.2) is 36.4 Å². The summed E-state index contributed by atoms with van der Waals surface area (Å²) in [5.74, 6) is 0.460. The Bertz CT molecular complexity index is 1260. The van der Waals surface area contributed by atoms with E-state index in [4.69, 9.17) is 32.7 Å². The van der Waals surface area contributed by atoms with Gasteiger partial charge in [0, 0.05) is 38.7 Å². The quantitative estimate of drug-likeness (QED) is 0.244. The number of amides is 1. The van der Waals surface area contributed by atoms with Crippen LogP contribution in [-0.4, -0.2) is 62.8 Å². The number of halogens is 2. The standard InChI is InChI=1S/C31H39Cl2N3O4/c1-30(2)20-31(30,3)29(38)40-21-36-26-19-23(11-9-22(26)10-12-27(36)37)39-18-5-4-13-34-14-16-35(17-15-34)25-8-6-7-24(32)28(25)33/h6-9,11,19H,4-5,10,12-18,20-21H2,1-3H3. The second-order valence-electron chi connectivity index (χ2n) is 12.0. The van der Waals surface area contributed by atoms with Gasteiger partial charge in [-0.1, -0.05) is 49.2 Å². The van der Waals surface area contributed by atoms with E-state index in [2.05, 4.69) is 23.6 Å². The van der Waals surface area contributed by atoms with E-state index in [-0.39, 0.29) is 24.0 Å². The van der Waals surface area contributed by atoms with Crippen molar-refractivity contribution >= 4 is 46.5 Å². The molecule has 1 atom stereocenters. The maximum absolute atomic E-state index is 12.7. The van der Waals surface area contributed by atoms with E-state index in [9.17, 15) is 9.59 Å². The van der Waals surface area contributed by atoms with E-state index < -0.39 is 5.41 Å². The van der Waals surface area contributed by atoms with Gasteiger partial charge in [0.25, 0.3) is 0 Å². The fourth-order valence-corrected chi connectivity index (χ4v) is 6.21. The summed E-state index contributed by atoms with van der Waals surface area (Å²) in [6.45, 7) is 11.5. The number of piperazine rings is 1. The predicted molar refractivity (Wildman–Crippen MR) is 160 cm³/mol. The van der Waals surface area contributed by atoms with E-state index in [1.54, 1.807) is 4.90 Å². The van der Waals surface area contributed by atoms with Gasteiger partial charge in [0.05, 0.1) is 33.4 Å². The van der Waals surface area contributed by atoms with Crippen molar-refractivity contribution in [1.82, 2.24) is 4.90 Å². The second kappa shape index (κ2) is 11.8. The number of hydrogen-bond acceptors (Lipinski definition) is 6. The van der Waals surface area contributed by atoms with Gasteiger partial charge in [0.1, 0.15) is 5.75 Å². The van der Waals surface area contributed by atoms with Crippen molar-refractivity contribution in [2.24, 2.45) is 10.8 Å². The Balaban J connectivity index is 1.06. The van der Waals surface area contributed by atoms with Crippen molar-refractivity contribution in [1.29, 1.82) is 0 Å². The first kappa shape index (κ1) is 29.0. The summed E-state index contributed by atoms with van der Waals surface area (Å²) in [5, 5.41) is 1.22. The highest BCUT2D eigenvalue weighted by Crippen LogP contribution is 2.63. The lowest BCUT2D eigenvalue weighted by molar-refractivity contribution is -0.151. The molecule has 1 saturated heterocycles. The average molecular weight is 589 g/mol. The van der Waals surface area contributed by atoms with E-state index in [0.29, 0.717) is 29.5 Å². The number of esters is 1. The SMILES string of the molecule is CC1(C)CC1(C)C(=O)OCN1C(=O)CCc2ccc(OCCCCN3CCN(c4cccc(Cl)c4Cl)CC3)cc21. The Morgan fingerprint density at radius 2 is 1.73 bits per heavy atom. The molecular formula is C31H39Cl2N3O4. The van der Waals surface area contributed by atoms with Crippen molar-refractivity contribution in [3.63, 3.8) is 0 Å². The summed E-state index contributed by atoms with van der Waals surface area (Å²) < 4.78 is 11.7. The number of carbonyl (C=O) groups excluding carboxylic acids is 2. The maximum Gasteiger partial charge on any atom is 0.314 e. The highest BCUT2D eigenvalue weighted by Gasteiger charge is 2.63. The van der Waals surface area contributed by atoms with Crippen molar-refractivity contribution in [2.75, 3.05) is 55.9 Å². The third kappa shape index (κ3) is 6.07. The molecule has 2 aromatic carbocycles. The Hall–Kier alpha value is -2.48. The van der Waals surface area contributed by atoms with Gasteiger partial charge in [0.15, 0.2) is 6.73 Å². The van der Waals surface area contributed by atoms with E-state index in [1.165, 1.54) is 0 Å². The predicted octanol–water partition coefficient (Wildman–Crippen LogP) is 6.19. The molecule has 0 spiro atoms. The van der Waals surface area contributed by atoms with Crippen LogP contribution in [0.25, 0.3) is 0 Å². The largest absolute Gasteiger partial charge is 0.494 e. The molecule has 0 bridgehead atoms. The number of rotatable bonds is 10. The number of benzene rings is 2. The molecule has 2 aliphatic heterocycles. The molecule has 216 valence electrons. The highest BCUT2D eigenvalue weighted by molar-refractivity contribution is 6.43. The number of carbonyl (C=O) groups is 2. The third-order valence-corrected chi connectivity index (χ3v) is 9.79. The van der Waals surface area contributed by atoms with Crippen LogP contribution < -0.4 is 14.5 Å². The fraction of sp³-hybridized carbons (Fsp3) is 0.548. The number of ether oxygens (including phenoxy) is 2. The summed E-state index contributed by atoms with van der Waals surface area (Å²) in [7, 11) is 0. The van der Waals surface area contributed by atoms with Crippen LogP contribution >= 0.6 is 23.2 Å². The number of anilines is 2. The molecule has 1 aliphatic carbocycles. The molecule has 0 N–H and O–H groups in total. The van der Waals surface area contributed by atoms with Gasteiger partial charge in [-0.05, 0) is 68.3 Å². The van der Waals surface area contributed by atoms with Gasteiger partial charge >= 0.3 is 5.97 Å². The summed E-state index contributed by atoms with van der Waals surface area (Å²) in [4.78, 5) is 31.8. The smallest absolute Gasteiger partial charge is 0.314 e. The van der Waals surface area contributed by atoms with Crippen LogP contribution in [0.2, 0.25) is 10.0 Å². The van der Waals surface area contributed by atoms with Crippen LogP contribution in [-0.2, 0) is 20.7 Å². The molecule has 9 heteroatoms. The molecule has 40 heavy (non-hydrogen) atoms. The second-order valence-corrected chi connectivity index (χ2v) is 12.8. The van der Waals surface area contributed by atoms with Gasteiger partial charge in [-0.3, -0.25) is 19.4 Å². The molecule has 2 fully saturated rings. The Morgan fingerprint density at radius 3 is 2.45 bits per heavy atom. The summed E-state index contributed by atoms with van der Waals surface area (Å²) in [6, 6.07) is 11.7. The zero-order valence-electron chi connectivity index (χ0n) is 23.7. The van der Waals surface area contributed by atoms with Crippen LogP contribution in [0.3, 0.4) is 0 Å². The molecule has 7 nitrogen and oxygen atoms in total. The van der Waals surface area contributed by atoms with Crippen LogP contribution in [0.4, 0.5) is 11.4 Å². The average Bonchev–Trinajstić information content (AvgIpc) is 3.47. The Kier molecular flexibility index (Phi) is 8.55. The zero-order chi connectivity index (χ0) is 28.5. The minimum absolute atomic E-state index is 0.0320. The van der Waals surface area contributed by atoms with Gasteiger partial charge in [-0.2, -0.15) is 0 Å². The molecule has 2 heterocycles. The van der Waals surface area contributed by atoms with Gasteiger partial charge in [-0.25, -0.2) is 0 Å². The van der Waals surface area contributed by atoms with Crippen molar-refractivity contribution < 1.29 is 19.1 Å². The van der Waals surface area contributed by atoms with Crippen LogP contribution in [0, 0.1) is 10.8 Å².